The molecule has 2 aromatic carbocycles. The average Bonchev–Trinajstić information content (AvgIpc) is 3.15. The van der Waals surface area contributed by atoms with E-state index < -0.39 is 36.0 Å². The lowest BCUT2D eigenvalue weighted by molar-refractivity contribution is -0.145. The number of nitrogens with one attached hydrogen (secondary N) is 2. The number of carbonyl (C=O) groups excluding carboxylic acids is 2. The maximum Gasteiger partial charge on any atom is 0.407 e. The van der Waals surface area contributed by atoms with Gasteiger partial charge in [-0.1, -0.05) is 55.0 Å². The third-order valence-electron chi connectivity index (χ3n) is 7.27. The van der Waals surface area contributed by atoms with Crippen LogP contribution in [-0.4, -0.2) is 55.5 Å². The second-order valence-corrected chi connectivity index (χ2v) is 9.27. The van der Waals surface area contributed by atoms with Gasteiger partial charge >= 0.3 is 12.1 Å². The monoisotopic (exact) mass is 480 g/mol. The van der Waals surface area contributed by atoms with Crippen LogP contribution in [0, 0.1) is 11.8 Å². The summed E-state index contributed by atoms with van der Waals surface area (Å²) < 4.78 is 10.9. The molecular formula is C27H32N2O6. The van der Waals surface area contributed by atoms with Crippen LogP contribution < -0.4 is 10.6 Å². The van der Waals surface area contributed by atoms with Crippen molar-refractivity contribution in [2.45, 2.75) is 44.2 Å². The van der Waals surface area contributed by atoms with Gasteiger partial charge in [-0.2, -0.15) is 0 Å². The minimum Gasteiger partial charge on any atom is -0.481 e. The fourth-order valence-corrected chi connectivity index (χ4v) is 4.92. The van der Waals surface area contributed by atoms with Crippen molar-refractivity contribution >= 4 is 18.0 Å². The van der Waals surface area contributed by atoms with E-state index in [9.17, 15) is 19.5 Å². The van der Waals surface area contributed by atoms with Crippen LogP contribution in [0.15, 0.2) is 48.5 Å². The van der Waals surface area contributed by atoms with Crippen LogP contribution in [0.3, 0.4) is 0 Å². The second-order valence-electron chi connectivity index (χ2n) is 9.27. The Morgan fingerprint density at radius 2 is 1.63 bits per heavy atom. The molecule has 3 atom stereocenters. The molecule has 0 spiro atoms. The molecular weight excluding hydrogens is 448 g/mol. The second kappa shape index (κ2) is 10.9. The third-order valence-corrected chi connectivity index (χ3v) is 7.27. The van der Waals surface area contributed by atoms with Gasteiger partial charge in [0.1, 0.15) is 12.6 Å². The largest absolute Gasteiger partial charge is 0.481 e. The first kappa shape index (κ1) is 24.7. The van der Waals surface area contributed by atoms with Gasteiger partial charge in [-0.3, -0.25) is 9.59 Å². The van der Waals surface area contributed by atoms with E-state index in [0.29, 0.717) is 0 Å². The van der Waals surface area contributed by atoms with Gasteiger partial charge in [0.25, 0.3) is 0 Å². The number of carbonyl (C=O) groups is 3. The zero-order valence-corrected chi connectivity index (χ0v) is 20.0. The highest BCUT2D eigenvalue weighted by Crippen LogP contribution is 2.44. The quantitative estimate of drug-likeness (QED) is 0.479. The molecule has 3 N–H and O–H groups in total. The van der Waals surface area contributed by atoms with E-state index >= 15 is 0 Å². The molecule has 0 saturated heterocycles. The summed E-state index contributed by atoms with van der Waals surface area (Å²) in [5, 5.41) is 14.8. The summed E-state index contributed by atoms with van der Waals surface area (Å²) in [6, 6.07) is 15.1. The molecule has 8 heteroatoms. The molecule has 1 fully saturated rings. The van der Waals surface area contributed by atoms with E-state index in [-0.39, 0.29) is 25.0 Å². The van der Waals surface area contributed by atoms with E-state index in [2.05, 4.69) is 22.8 Å². The highest BCUT2D eigenvalue weighted by molar-refractivity contribution is 5.87. The van der Waals surface area contributed by atoms with Gasteiger partial charge in [-0.25, -0.2) is 4.79 Å². The van der Waals surface area contributed by atoms with Crippen LogP contribution >= 0.6 is 0 Å². The summed E-state index contributed by atoms with van der Waals surface area (Å²) in [5.74, 6) is -2.09. The van der Waals surface area contributed by atoms with Gasteiger partial charge < -0.3 is 25.2 Å². The molecule has 2 aromatic rings. The molecule has 0 aromatic heterocycles. The number of carboxylic acids is 1. The molecule has 2 aliphatic rings. The molecule has 2 amide bonds. The zero-order valence-electron chi connectivity index (χ0n) is 20.0. The van der Waals surface area contributed by atoms with Crippen LogP contribution in [0.25, 0.3) is 11.1 Å². The highest BCUT2D eigenvalue weighted by Gasteiger charge is 2.35. The van der Waals surface area contributed by atoms with Gasteiger partial charge in [0.15, 0.2) is 0 Å². The molecule has 0 bridgehead atoms. The first-order chi connectivity index (χ1) is 16.9. The Bertz CT molecular complexity index is 1040. The molecule has 0 aliphatic heterocycles. The van der Waals surface area contributed by atoms with E-state index in [4.69, 9.17) is 9.47 Å². The van der Waals surface area contributed by atoms with Crippen molar-refractivity contribution in [3.8, 4) is 11.1 Å². The lowest BCUT2D eigenvalue weighted by atomic mass is 9.76. The summed E-state index contributed by atoms with van der Waals surface area (Å²) in [4.78, 5) is 37.2. The number of rotatable bonds is 10. The fourth-order valence-electron chi connectivity index (χ4n) is 4.92. The lowest BCUT2D eigenvalue weighted by Crippen LogP contribution is -2.54. The topological polar surface area (TPSA) is 114 Å². The highest BCUT2D eigenvalue weighted by atomic mass is 16.5. The van der Waals surface area contributed by atoms with Crippen molar-refractivity contribution < 1.29 is 29.0 Å². The standard InChI is InChI=1S/C27H32N2O6/c1-16(34-2)24(25(30)28-14-22(26(31)32)17-8-7-9-17)29-27(33)35-15-23-20-12-5-3-10-18(20)19-11-4-6-13-21(19)23/h3-6,10-13,16-17,22-24H,7-9,14-15H2,1-2H3,(H,28,30)(H,29,33)(H,31,32). The van der Waals surface area contributed by atoms with E-state index in [1.807, 2.05) is 36.4 Å². The van der Waals surface area contributed by atoms with Gasteiger partial charge in [0.2, 0.25) is 5.91 Å². The Morgan fingerprint density at radius 3 is 2.14 bits per heavy atom. The number of fused-ring (bicyclic) bond motifs is 3. The maximum atomic E-state index is 12.9. The van der Waals surface area contributed by atoms with Crippen LogP contribution in [0.1, 0.15) is 43.2 Å². The van der Waals surface area contributed by atoms with E-state index in [1.54, 1.807) is 6.92 Å². The van der Waals surface area contributed by atoms with Gasteiger partial charge in [-0.15, -0.1) is 0 Å². The molecule has 4 rings (SSSR count). The van der Waals surface area contributed by atoms with Crippen LogP contribution in [0.5, 0.6) is 0 Å². The van der Waals surface area contributed by atoms with Gasteiger partial charge in [-0.05, 0) is 47.9 Å². The van der Waals surface area contributed by atoms with Gasteiger partial charge in [0.05, 0.1) is 12.0 Å². The fraction of sp³-hybridized carbons (Fsp3) is 0.444. The molecule has 186 valence electrons. The lowest BCUT2D eigenvalue weighted by Gasteiger charge is -2.31. The predicted molar refractivity (Wildman–Crippen MR) is 130 cm³/mol. The third kappa shape index (κ3) is 5.32. The Labute approximate surface area is 205 Å². The van der Waals surface area contributed by atoms with Crippen molar-refractivity contribution in [3.05, 3.63) is 59.7 Å². The molecule has 2 aliphatic carbocycles. The SMILES string of the molecule is COC(C)C(NC(=O)OCC1c2ccccc2-c2ccccc21)C(=O)NCC(C(=O)O)C1CCC1. The normalized spacial score (nSPS) is 17.3. The molecule has 8 nitrogen and oxygen atoms in total. The Hall–Kier alpha value is -3.39. The summed E-state index contributed by atoms with van der Waals surface area (Å²) >= 11 is 0. The summed E-state index contributed by atoms with van der Waals surface area (Å²) in [6.45, 7) is 1.80. The van der Waals surface area contributed by atoms with Crippen molar-refractivity contribution in [3.63, 3.8) is 0 Å². The number of alkyl carbamates (subject to hydrolysis) is 1. The van der Waals surface area contributed by atoms with Crippen molar-refractivity contribution in [2.75, 3.05) is 20.3 Å². The minimum atomic E-state index is -1.02. The number of methoxy groups -OCH3 is 1. The Kier molecular flexibility index (Phi) is 7.70. The minimum absolute atomic E-state index is 0.0120. The number of aliphatic carboxylic acids is 1. The number of ether oxygens (including phenoxy) is 2. The van der Waals surface area contributed by atoms with Crippen molar-refractivity contribution in [1.29, 1.82) is 0 Å². The number of carboxylic acid groups (broad SMARTS) is 1. The molecule has 1 saturated carbocycles. The summed E-state index contributed by atoms with van der Waals surface area (Å²) in [6.07, 6.45) is 1.34. The van der Waals surface area contributed by atoms with E-state index in [1.165, 1.54) is 7.11 Å². The molecule has 0 heterocycles. The number of benzene rings is 2. The van der Waals surface area contributed by atoms with Crippen LogP contribution in [0.4, 0.5) is 4.79 Å². The maximum absolute atomic E-state index is 12.9. The summed E-state index contributed by atoms with van der Waals surface area (Å²) in [5.41, 5.74) is 4.44. The molecule has 3 unspecified atom stereocenters. The van der Waals surface area contributed by atoms with Crippen molar-refractivity contribution in [1.82, 2.24) is 10.6 Å². The smallest absolute Gasteiger partial charge is 0.407 e. The van der Waals surface area contributed by atoms with Crippen molar-refractivity contribution in [2.24, 2.45) is 11.8 Å². The number of hydrogen-bond donors (Lipinski definition) is 3. The first-order valence-corrected chi connectivity index (χ1v) is 12.1. The van der Waals surface area contributed by atoms with E-state index in [0.717, 1.165) is 41.5 Å². The Morgan fingerprint density at radius 1 is 1.03 bits per heavy atom. The zero-order chi connectivity index (χ0) is 24.9. The van der Waals surface area contributed by atoms with Gasteiger partial charge in [0, 0.05) is 19.6 Å². The Balaban J connectivity index is 1.37. The first-order valence-electron chi connectivity index (χ1n) is 12.1. The predicted octanol–water partition coefficient (Wildman–Crippen LogP) is 3.55. The van der Waals surface area contributed by atoms with Crippen LogP contribution in [-0.2, 0) is 19.1 Å². The number of hydrogen-bond acceptors (Lipinski definition) is 5. The molecule has 0 radical (unpaired) electrons. The average molecular weight is 481 g/mol. The number of amides is 2. The molecule has 35 heavy (non-hydrogen) atoms. The van der Waals surface area contributed by atoms with Crippen LogP contribution in [0.2, 0.25) is 0 Å². The summed E-state index contributed by atoms with van der Waals surface area (Å²) in [7, 11) is 1.44.